The van der Waals surface area contributed by atoms with Crippen LogP contribution in [-0.2, 0) is 19.1 Å². The number of esters is 1. The average molecular weight is 212 g/mol. The molecule has 0 N–H and O–H groups in total. The largest absolute Gasteiger partial charge is 0.440 e. The summed E-state index contributed by atoms with van der Waals surface area (Å²) in [6.07, 6.45) is 2.92. The SMILES string of the molecule is CC(C)CC(N=C=O)C(=O)OCN=C=O. The molecule has 0 fully saturated rings. The molecule has 0 saturated heterocycles. The fourth-order valence-corrected chi connectivity index (χ4v) is 0.930. The Balaban J connectivity index is 4.28. The van der Waals surface area contributed by atoms with E-state index in [0.29, 0.717) is 6.42 Å². The first kappa shape index (κ1) is 13.2. The molecule has 0 aliphatic carbocycles. The molecule has 0 rings (SSSR count). The van der Waals surface area contributed by atoms with Gasteiger partial charge in [0, 0.05) is 0 Å². The van der Waals surface area contributed by atoms with Crippen molar-refractivity contribution >= 4 is 18.1 Å². The quantitative estimate of drug-likeness (QED) is 0.366. The Kier molecular flexibility index (Phi) is 6.72. The lowest BCUT2D eigenvalue weighted by molar-refractivity contribution is -0.145. The first-order chi connectivity index (χ1) is 7.11. The molecular formula is C9H12N2O4. The summed E-state index contributed by atoms with van der Waals surface area (Å²) in [5.41, 5.74) is 0. The molecule has 0 bridgehead atoms. The zero-order valence-electron chi connectivity index (χ0n) is 8.60. The van der Waals surface area contributed by atoms with Gasteiger partial charge in [-0.15, -0.1) is 0 Å². The predicted octanol–water partition coefficient (Wildman–Crippen LogP) is 0.573. The molecule has 1 unspecified atom stereocenters. The van der Waals surface area contributed by atoms with Gasteiger partial charge in [-0.1, -0.05) is 13.8 Å². The maximum atomic E-state index is 11.3. The van der Waals surface area contributed by atoms with Crippen LogP contribution in [0, 0.1) is 5.92 Å². The number of hydrogen-bond donors (Lipinski definition) is 0. The summed E-state index contributed by atoms with van der Waals surface area (Å²) in [6, 6.07) is -0.871. The molecule has 0 amide bonds. The lowest BCUT2D eigenvalue weighted by Crippen LogP contribution is -2.23. The molecule has 0 aromatic heterocycles. The molecule has 0 aliphatic heterocycles. The van der Waals surface area contributed by atoms with Crippen molar-refractivity contribution in [3.63, 3.8) is 0 Å². The number of carbonyl (C=O) groups is 1. The van der Waals surface area contributed by atoms with E-state index < -0.39 is 18.7 Å². The molecule has 6 heteroatoms. The zero-order valence-corrected chi connectivity index (χ0v) is 8.60. The van der Waals surface area contributed by atoms with Crippen molar-refractivity contribution in [2.24, 2.45) is 15.9 Å². The van der Waals surface area contributed by atoms with Crippen LogP contribution in [0.1, 0.15) is 20.3 Å². The van der Waals surface area contributed by atoms with Crippen molar-refractivity contribution in [1.29, 1.82) is 0 Å². The van der Waals surface area contributed by atoms with Crippen molar-refractivity contribution in [3.05, 3.63) is 0 Å². The number of hydrogen-bond acceptors (Lipinski definition) is 6. The predicted molar refractivity (Wildman–Crippen MR) is 50.4 cm³/mol. The first-order valence-corrected chi connectivity index (χ1v) is 4.39. The van der Waals surface area contributed by atoms with E-state index in [-0.39, 0.29) is 5.92 Å². The van der Waals surface area contributed by atoms with Crippen LogP contribution >= 0.6 is 0 Å². The normalized spacial score (nSPS) is 11.1. The lowest BCUT2D eigenvalue weighted by atomic mass is 10.0. The van der Waals surface area contributed by atoms with Crippen LogP contribution in [0.5, 0.6) is 0 Å². The molecule has 0 aliphatic rings. The maximum Gasteiger partial charge on any atom is 0.333 e. The van der Waals surface area contributed by atoms with Crippen LogP contribution in [0.2, 0.25) is 0 Å². The fourth-order valence-electron chi connectivity index (χ4n) is 0.930. The molecule has 0 aromatic carbocycles. The van der Waals surface area contributed by atoms with Crippen molar-refractivity contribution in [1.82, 2.24) is 0 Å². The third kappa shape index (κ3) is 6.32. The van der Waals surface area contributed by atoms with Gasteiger partial charge >= 0.3 is 5.97 Å². The van der Waals surface area contributed by atoms with Crippen molar-refractivity contribution in [2.75, 3.05) is 6.73 Å². The molecule has 0 aromatic rings. The zero-order chi connectivity index (χ0) is 11.7. The molecule has 0 radical (unpaired) electrons. The van der Waals surface area contributed by atoms with Gasteiger partial charge in [-0.3, -0.25) is 0 Å². The molecule has 15 heavy (non-hydrogen) atoms. The summed E-state index contributed by atoms with van der Waals surface area (Å²) in [4.78, 5) is 37.4. The molecule has 6 nitrogen and oxygen atoms in total. The average Bonchev–Trinajstić information content (AvgIpc) is 2.17. The van der Waals surface area contributed by atoms with Crippen LogP contribution in [0.25, 0.3) is 0 Å². The fraction of sp³-hybridized carbons (Fsp3) is 0.667. The minimum absolute atomic E-state index is 0.189. The third-order valence-electron chi connectivity index (χ3n) is 1.51. The van der Waals surface area contributed by atoms with E-state index >= 15 is 0 Å². The number of rotatable bonds is 6. The Morgan fingerprint density at radius 1 is 1.33 bits per heavy atom. The minimum atomic E-state index is -0.871. The highest BCUT2D eigenvalue weighted by molar-refractivity contribution is 5.76. The highest BCUT2D eigenvalue weighted by atomic mass is 16.5. The summed E-state index contributed by atoms with van der Waals surface area (Å²) >= 11 is 0. The van der Waals surface area contributed by atoms with Gasteiger partial charge in [0.15, 0.2) is 12.8 Å². The number of carbonyl (C=O) groups excluding carboxylic acids is 3. The summed E-state index contributed by atoms with van der Waals surface area (Å²) in [6.45, 7) is 3.36. The molecule has 0 spiro atoms. The first-order valence-electron chi connectivity index (χ1n) is 4.39. The van der Waals surface area contributed by atoms with Crippen LogP contribution < -0.4 is 0 Å². The van der Waals surface area contributed by atoms with Gasteiger partial charge in [-0.2, -0.15) is 9.98 Å². The van der Waals surface area contributed by atoms with Crippen LogP contribution in [0.3, 0.4) is 0 Å². The lowest BCUT2D eigenvalue weighted by Gasteiger charge is -2.10. The Morgan fingerprint density at radius 2 is 2.00 bits per heavy atom. The Morgan fingerprint density at radius 3 is 2.47 bits per heavy atom. The second-order valence-electron chi connectivity index (χ2n) is 3.21. The van der Waals surface area contributed by atoms with E-state index in [1.165, 1.54) is 12.2 Å². The van der Waals surface area contributed by atoms with Crippen LogP contribution in [0.15, 0.2) is 9.98 Å². The van der Waals surface area contributed by atoms with Gasteiger partial charge in [0.05, 0.1) is 0 Å². The maximum absolute atomic E-state index is 11.3. The summed E-state index contributed by atoms with van der Waals surface area (Å²) in [5, 5.41) is 0. The van der Waals surface area contributed by atoms with Crippen molar-refractivity contribution in [2.45, 2.75) is 26.3 Å². The second kappa shape index (κ2) is 7.62. The van der Waals surface area contributed by atoms with Gasteiger partial charge in [-0.05, 0) is 12.3 Å². The van der Waals surface area contributed by atoms with E-state index in [4.69, 9.17) is 0 Å². The van der Waals surface area contributed by atoms with E-state index in [1.54, 1.807) is 0 Å². The molecule has 82 valence electrons. The highest BCUT2D eigenvalue weighted by Gasteiger charge is 2.20. The standard InChI is InChI=1S/C9H12N2O4/c1-7(2)3-8(11-5-13)9(14)15-6-10-4-12/h7-8H,3,6H2,1-2H3. The van der Waals surface area contributed by atoms with Crippen molar-refractivity contribution < 1.29 is 19.1 Å². The Labute approximate surface area is 87.0 Å². The number of nitrogens with zero attached hydrogens (tertiary/aromatic N) is 2. The summed E-state index contributed by atoms with van der Waals surface area (Å²) in [7, 11) is 0. The van der Waals surface area contributed by atoms with Crippen LogP contribution in [-0.4, -0.2) is 30.9 Å². The second-order valence-corrected chi connectivity index (χ2v) is 3.21. The molecule has 0 saturated carbocycles. The third-order valence-corrected chi connectivity index (χ3v) is 1.51. The smallest absolute Gasteiger partial charge is 0.333 e. The van der Waals surface area contributed by atoms with E-state index in [9.17, 15) is 14.4 Å². The van der Waals surface area contributed by atoms with E-state index in [1.807, 2.05) is 13.8 Å². The number of ether oxygens (including phenoxy) is 1. The van der Waals surface area contributed by atoms with E-state index in [2.05, 4.69) is 14.7 Å². The molecular weight excluding hydrogens is 200 g/mol. The Bertz CT molecular complexity index is 301. The number of isocyanates is 2. The molecule has 1 atom stereocenters. The van der Waals surface area contributed by atoms with Gasteiger partial charge in [0.25, 0.3) is 0 Å². The number of aliphatic imine (C=N–C) groups is 2. The van der Waals surface area contributed by atoms with E-state index in [0.717, 1.165) is 0 Å². The minimum Gasteiger partial charge on any atom is -0.440 e. The van der Waals surface area contributed by atoms with Gasteiger partial charge in [0.1, 0.15) is 0 Å². The summed E-state index contributed by atoms with van der Waals surface area (Å²) < 4.78 is 4.56. The monoisotopic (exact) mass is 212 g/mol. The highest BCUT2D eigenvalue weighted by Crippen LogP contribution is 2.09. The topological polar surface area (TPSA) is 85.2 Å². The van der Waals surface area contributed by atoms with Gasteiger partial charge in [0.2, 0.25) is 12.2 Å². The summed E-state index contributed by atoms with van der Waals surface area (Å²) in [5.74, 6) is -0.500. The van der Waals surface area contributed by atoms with Gasteiger partial charge in [-0.25, -0.2) is 14.4 Å². The van der Waals surface area contributed by atoms with Gasteiger partial charge < -0.3 is 4.74 Å². The molecule has 0 heterocycles. The Hall–Kier alpha value is -1.77. The van der Waals surface area contributed by atoms with Crippen molar-refractivity contribution in [3.8, 4) is 0 Å². The van der Waals surface area contributed by atoms with Crippen LogP contribution in [0.4, 0.5) is 0 Å².